The van der Waals surface area contributed by atoms with E-state index in [9.17, 15) is 9.18 Å². The minimum Gasteiger partial charge on any atom is -0.302 e. The van der Waals surface area contributed by atoms with Crippen LogP contribution in [0.1, 0.15) is 12.0 Å². The van der Waals surface area contributed by atoms with Crippen molar-refractivity contribution >= 4 is 6.29 Å². The van der Waals surface area contributed by atoms with Crippen molar-refractivity contribution in [1.29, 1.82) is 0 Å². The Bertz CT molecular complexity index is 323. The van der Waals surface area contributed by atoms with E-state index in [1.54, 1.807) is 0 Å². The molecule has 0 aliphatic heterocycles. The SMILES string of the molecule is O=CCC#Cc1cnc(F)nc1. The third-order valence-electron chi connectivity index (χ3n) is 1.04. The Labute approximate surface area is 68.7 Å². The van der Waals surface area contributed by atoms with Gasteiger partial charge in [-0.3, -0.25) is 0 Å². The third-order valence-corrected chi connectivity index (χ3v) is 1.04. The maximum absolute atomic E-state index is 12.1. The first-order valence-corrected chi connectivity index (χ1v) is 3.23. The van der Waals surface area contributed by atoms with E-state index in [1.807, 2.05) is 0 Å². The van der Waals surface area contributed by atoms with Gasteiger partial charge in [-0.2, -0.15) is 4.39 Å². The normalized spacial score (nSPS) is 8.42. The molecule has 1 aromatic rings. The number of rotatable bonds is 1. The standard InChI is InChI=1S/C8H5FN2O/c9-8-10-5-7(6-11-8)3-1-2-4-12/h4-6H,2H2. The Morgan fingerprint density at radius 2 is 2.17 bits per heavy atom. The molecule has 0 aliphatic carbocycles. The number of hydrogen-bond acceptors (Lipinski definition) is 3. The van der Waals surface area contributed by atoms with Crippen molar-refractivity contribution in [2.75, 3.05) is 0 Å². The minimum absolute atomic E-state index is 0.164. The number of nitrogens with zero attached hydrogens (tertiary/aromatic N) is 2. The van der Waals surface area contributed by atoms with Crippen LogP contribution in [0.25, 0.3) is 0 Å². The number of aldehydes is 1. The molecule has 0 atom stereocenters. The Morgan fingerprint density at radius 3 is 2.75 bits per heavy atom. The molecule has 0 N–H and O–H groups in total. The van der Waals surface area contributed by atoms with Crippen LogP contribution in [-0.2, 0) is 4.79 Å². The summed E-state index contributed by atoms with van der Waals surface area (Å²) in [6.45, 7) is 0. The van der Waals surface area contributed by atoms with Crippen LogP contribution in [0.5, 0.6) is 0 Å². The van der Waals surface area contributed by atoms with Crippen LogP contribution in [-0.4, -0.2) is 16.3 Å². The number of aromatic nitrogens is 2. The van der Waals surface area contributed by atoms with Crippen molar-refractivity contribution in [3.8, 4) is 11.8 Å². The van der Waals surface area contributed by atoms with Gasteiger partial charge in [-0.15, -0.1) is 0 Å². The van der Waals surface area contributed by atoms with Crippen LogP contribution >= 0.6 is 0 Å². The molecule has 0 amide bonds. The Morgan fingerprint density at radius 1 is 1.50 bits per heavy atom. The third kappa shape index (κ3) is 2.46. The molecule has 0 fully saturated rings. The molecule has 1 aromatic heterocycles. The molecule has 0 saturated heterocycles. The molecular weight excluding hydrogens is 159 g/mol. The van der Waals surface area contributed by atoms with Gasteiger partial charge in [0, 0.05) is 12.4 Å². The van der Waals surface area contributed by atoms with Gasteiger partial charge in [0.05, 0.1) is 12.0 Å². The predicted molar refractivity (Wildman–Crippen MR) is 39.5 cm³/mol. The summed E-state index contributed by atoms with van der Waals surface area (Å²) in [5.41, 5.74) is 0.498. The van der Waals surface area contributed by atoms with Crippen molar-refractivity contribution in [2.45, 2.75) is 6.42 Å². The molecule has 0 spiro atoms. The molecule has 12 heavy (non-hydrogen) atoms. The van der Waals surface area contributed by atoms with Crippen LogP contribution in [0.4, 0.5) is 4.39 Å². The second-order valence-corrected chi connectivity index (χ2v) is 1.91. The van der Waals surface area contributed by atoms with Crippen LogP contribution in [0, 0.1) is 17.9 Å². The fourth-order valence-electron chi connectivity index (χ4n) is 0.572. The highest BCUT2D eigenvalue weighted by atomic mass is 19.1. The zero-order valence-corrected chi connectivity index (χ0v) is 6.12. The number of hydrogen-bond donors (Lipinski definition) is 0. The van der Waals surface area contributed by atoms with Gasteiger partial charge in [0.25, 0.3) is 0 Å². The van der Waals surface area contributed by atoms with E-state index in [0.29, 0.717) is 11.8 Å². The fraction of sp³-hybridized carbons (Fsp3) is 0.125. The Balaban J connectivity index is 2.72. The van der Waals surface area contributed by atoms with Gasteiger partial charge in [-0.25, -0.2) is 9.97 Å². The van der Waals surface area contributed by atoms with Crippen molar-refractivity contribution in [3.63, 3.8) is 0 Å². The predicted octanol–water partition coefficient (Wildman–Crippen LogP) is 0.556. The Hall–Kier alpha value is -1.76. The second kappa shape index (κ2) is 4.19. The van der Waals surface area contributed by atoms with Crippen LogP contribution in [0.15, 0.2) is 12.4 Å². The van der Waals surface area contributed by atoms with Crippen molar-refractivity contribution < 1.29 is 9.18 Å². The summed E-state index contributed by atoms with van der Waals surface area (Å²) in [4.78, 5) is 16.4. The van der Waals surface area contributed by atoms with Gasteiger partial charge in [0.15, 0.2) is 0 Å². The maximum Gasteiger partial charge on any atom is 0.308 e. The van der Waals surface area contributed by atoms with Crippen molar-refractivity contribution in [3.05, 3.63) is 24.0 Å². The molecule has 0 saturated carbocycles. The van der Waals surface area contributed by atoms with Crippen molar-refractivity contribution in [2.24, 2.45) is 0 Å². The second-order valence-electron chi connectivity index (χ2n) is 1.91. The molecule has 1 heterocycles. The molecular formula is C8H5FN2O. The largest absolute Gasteiger partial charge is 0.308 e. The van der Waals surface area contributed by atoms with Crippen molar-refractivity contribution in [1.82, 2.24) is 9.97 Å². The molecule has 0 aromatic carbocycles. The summed E-state index contributed by atoms with van der Waals surface area (Å²) in [5.74, 6) is 5.15. The highest BCUT2D eigenvalue weighted by Gasteiger charge is 1.90. The summed E-state index contributed by atoms with van der Waals surface area (Å²) >= 11 is 0. The number of carbonyl (C=O) groups excluding carboxylic acids is 1. The lowest BCUT2D eigenvalue weighted by Gasteiger charge is -1.86. The average Bonchev–Trinajstić information content (AvgIpc) is 2.09. The molecule has 4 heteroatoms. The van der Waals surface area contributed by atoms with E-state index in [4.69, 9.17) is 0 Å². The van der Waals surface area contributed by atoms with Crippen LogP contribution < -0.4 is 0 Å². The molecule has 0 unspecified atom stereocenters. The van der Waals surface area contributed by atoms with E-state index in [1.165, 1.54) is 12.4 Å². The summed E-state index contributed by atoms with van der Waals surface area (Å²) in [7, 11) is 0. The first-order valence-electron chi connectivity index (χ1n) is 3.23. The molecule has 60 valence electrons. The maximum atomic E-state index is 12.1. The van der Waals surface area contributed by atoms with E-state index in [-0.39, 0.29) is 6.42 Å². The van der Waals surface area contributed by atoms with E-state index >= 15 is 0 Å². The zero-order chi connectivity index (χ0) is 8.81. The molecule has 0 aliphatic rings. The highest BCUT2D eigenvalue weighted by molar-refractivity contribution is 5.54. The topological polar surface area (TPSA) is 42.9 Å². The van der Waals surface area contributed by atoms with Gasteiger partial charge in [0.2, 0.25) is 0 Å². The number of halogens is 1. The minimum atomic E-state index is -0.782. The average molecular weight is 164 g/mol. The highest BCUT2D eigenvalue weighted by Crippen LogP contribution is 1.91. The summed E-state index contributed by atoms with van der Waals surface area (Å²) in [6, 6.07) is 0. The lowest BCUT2D eigenvalue weighted by molar-refractivity contribution is -0.107. The molecule has 0 radical (unpaired) electrons. The summed E-state index contributed by atoms with van der Waals surface area (Å²) in [6.07, 6.45) is 2.60. The van der Waals surface area contributed by atoms with Gasteiger partial charge in [0.1, 0.15) is 6.29 Å². The van der Waals surface area contributed by atoms with Crippen LogP contribution in [0.3, 0.4) is 0 Å². The smallest absolute Gasteiger partial charge is 0.302 e. The lowest BCUT2D eigenvalue weighted by Crippen LogP contribution is -1.87. The number of carbonyl (C=O) groups is 1. The van der Waals surface area contributed by atoms with Gasteiger partial charge in [-0.1, -0.05) is 11.8 Å². The van der Waals surface area contributed by atoms with E-state index in [2.05, 4.69) is 21.8 Å². The lowest BCUT2D eigenvalue weighted by atomic mass is 10.3. The van der Waals surface area contributed by atoms with E-state index < -0.39 is 6.08 Å². The van der Waals surface area contributed by atoms with Crippen LogP contribution in [0.2, 0.25) is 0 Å². The first-order chi connectivity index (χ1) is 5.83. The van der Waals surface area contributed by atoms with Gasteiger partial charge < -0.3 is 4.79 Å². The summed E-state index contributed by atoms with van der Waals surface area (Å²) < 4.78 is 12.1. The van der Waals surface area contributed by atoms with Gasteiger partial charge >= 0.3 is 6.08 Å². The van der Waals surface area contributed by atoms with Gasteiger partial charge in [-0.05, 0) is 0 Å². The molecule has 1 rings (SSSR count). The summed E-state index contributed by atoms with van der Waals surface area (Å²) in [5, 5.41) is 0. The molecule has 0 bridgehead atoms. The Kier molecular flexibility index (Phi) is 2.91. The van der Waals surface area contributed by atoms with E-state index in [0.717, 1.165) is 0 Å². The zero-order valence-electron chi connectivity index (χ0n) is 6.12. The molecule has 3 nitrogen and oxygen atoms in total. The first kappa shape index (κ1) is 8.34. The fourth-order valence-corrected chi connectivity index (χ4v) is 0.572. The monoisotopic (exact) mass is 164 g/mol. The quantitative estimate of drug-likeness (QED) is 0.346.